The van der Waals surface area contributed by atoms with E-state index in [1.54, 1.807) is 0 Å². The van der Waals surface area contributed by atoms with Gasteiger partial charge in [0.05, 0.1) is 5.41 Å². The molecule has 0 bridgehead atoms. The van der Waals surface area contributed by atoms with Gasteiger partial charge in [-0.25, -0.2) is 0 Å². The summed E-state index contributed by atoms with van der Waals surface area (Å²) >= 11 is 0. The van der Waals surface area contributed by atoms with Gasteiger partial charge in [0.25, 0.3) is 0 Å². The first kappa shape index (κ1) is 16.3. The SMILES string of the molecule is O=C(NC[C@H]1CCc2ccccc21)C1(c2ccccc2)CCNCC1. The summed E-state index contributed by atoms with van der Waals surface area (Å²) in [7, 11) is 0. The lowest BCUT2D eigenvalue weighted by Gasteiger charge is -2.37. The Kier molecular flexibility index (Phi) is 4.58. The van der Waals surface area contributed by atoms with Gasteiger partial charge in [0.15, 0.2) is 0 Å². The molecule has 1 fully saturated rings. The summed E-state index contributed by atoms with van der Waals surface area (Å²) < 4.78 is 0. The van der Waals surface area contributed by atoms with Gasteiger partial charge < -0.3 is 10.6 Å². The van der Waals surface area contributed by atoms with Gasteiger partial charge in [-0.2, -0.15) is 0 Å². The molecule has 1 saturated heterocycles. The van der Waals surface area contributed by atoms with Crippen LogP contribution in [0.5, 0.6) is 0 Å². The lowest BCUT2D eigenvalue weighted by Crippen LogP contribution is -2.51. The first-order chi connectivity index (χ1) is 12.3. The van der Waals surface area contributed by atoms with E-state index in [1.165, 1.54) is 11.1 Å². The number of benzene rings is 2. The van der Waals surface area contributed by atoms with Crippen LogP contribution in [0.25, 0.3) is 0 Å². The average molecular weight is 334 g/mol. The topological polar surface area (TPSA) is 41.1 Å². The summed E-state index contributed by atoms with van der Waals surface area (Å²) in [6.45, 7) is 2.54. The maximum absolute atomic E-state index is 13.3. The minimum Gasteiger partial charge on any atom is -0.355 e. The first-order valence-electron chi connectivity index (χ1n) is 9.42. The molecule has 0 radical (unpaired) electrons. The number of aryl methyl sites for hydroxylation is 1. The number of fused-ring (bicyclic) bond motifs is 1. The molecule has 0 unspecified atom stereocenters. The first-order valence-corrected chi connectivity index (χ1v) is 9.42. The van der Waals surface area contributed by atoms with Gasteiger partial charge in [-0.3, -0.25) is 4.79 Å². The quantitative estimate of drug-likeness (QED) is 0.902. The lowest BCUT2D eigenvalue weighted by atomic mass is 9.72. The van der Waals surface area contributed by atoms with Gasteiger partial charge in [-0.15, -0.1) is 0 Å². The van der Waals surface area contributed by atoms with Crippen molar-refractivity contribution in [2.45, 2.75) is 37.0 Å². The van der Waals surface area contributed by atoms with Gasteiger partial charge in [-0.05, 0) is 55.5 Å². The van der Waals surface area contributed by atoms with E-state index in [9.17, 15) is 4.79 Å². The molecule has 1 aliphatic heterocycles. The van der Waals surface area contributed by atoms with E-state index < -0.39 is 0 Å². The minimum atomic E-state index is -0.384. The van der Waals surface area contributed by atoms with Crippen molar-refractivity contribution in [1.29, 1.82) is 0 Å². The zero-order valence-electron chi connectivity index (χ0n) is 14.6. The van der Waals surface area contributed by atoms with Crippen LogP contribution in [0.1, 0.15) is 41.9 Å². The zero-order valence-corrected chi connectivity index (χ0v) is 14.6. The summed E-state index contributed by atoms with van der Waals surface area (Å²) in [6.07, 6.45) is 4.00. The number of rotatable bonds is 4. The van der Waals surface area contributed by atoms with E-state index >= 15 is 0 Å². The number of nitrogens with one attached hydrogen (secondary N) is 2. The summed E-state index contributed by atoms with van der Waals surface area (Å²) in [5, 5.41) is 6.70. The average Bonchev–Trinajstić information content (AvgIpc) is 3.10. The van der Waals surface area contributed by atoms with Crippen molar-refractivity contribution in [3.05, 3.63) is 71.3 Å². The smallest absolute Gasteiger partial charge is 0.230 e. The van der Waals surface area contributed by atoms with Gasteiger partial charge in [0.2, 0.25) is 5.91 Å². The Hall–Kier alpha value is -2.13. The molecule has 1 amide bonds. The minimum absolute atomic E-state index is 0.199. The highest BCUT2D eigenvalue weighted by atomic mass is 16.2. The predicted molar refractivity (Wildman–Crippen MR) is 101 cm³/mol. The number of carbonyl (C=O) groups excluding carboxylic acids is 1. The number of hydrogen-bond donors (Lipinski definition) is 2. The fraction of sp³-hybridized carbons (Fsp3) is 0.409. The molecule has 4 rings (SSSR count). The second-order valence-corrected chi connectivity index (χ2v) is 7.34. The Balaban J connectivity index is 1.50. The molecule has 2 aromatic carbocycles. The molecule has 0 saturated carbocycles. The van der Waals surface area contributed by atoms with Gasteiger partial charge in [-0.1, -0.05) is 54.6 Å². The van der Waals surface area contributed by atoms with Crippen molar-refractivity contribution < 1.29 is 4.79 Å². The molecule has 25 heavy (non-hydrogen) atoms. The van der Waals surface area contributed by atoms with Crippen molar-refractivity contribution in [3.63, 3.8) is 0 Å². The number of amides is 1. The van der Waals surface area contributed by atoms with Crippen LogP contribution < -0.4 is 10.6 Å². The van der Waals surface area contributed by atoms with E-state index in [2.05, 4.69) is 47.0 Å². The van der Waals surface area contributed by atoms with Crippen LogP contribution in [0.2, 0.25) is 0 Å². The Labute approximate surface area is 149 Å². The molecule has 2 N–H and O–H groups in total. The molecule has 1 heterocycles. The van der Waals surface area contributed by atoms with Crippen molar-refractivity contribution >= 4 is 5.91 Å². The van der Waals surface area contributed by atoms with E-state index in [4.69, 9.17) is 0 Å². The Bertz CT molecular complexity index is 735. The summed E-state index contributed by atoms with van der Waals surface area (Å²) in [5.41, 5.74) is 3.63. The number of carbonyl (C=O) groups is 1. The molecule has 2 aliphatic rings. The third kappa shape index (κ3) is 3.09. The molecule has 130 valence electrons. The normalized spacial score (nSPS) is 21.5. The highest BCUT2D eigenvalue weighted by Crippen LogP contribution is 2.35. The van der Waals surface area contributed by atoms with E-state index in [1.807, 2.05) is 18.2 Å². The maximum atomic E-state index is 13.3. The van der Waals surface area contributed by atoms with Crippen LogP contribution in [-0.4, -0.2) is 25.5 Å². The molecule has 3 heteroatoms. The number of piperidine rings is 1. The van der Waals surface area contributed by atoms with Gasteiger partial charge >= 0.3 is 0 Å². The zero-order chi connectivity index (χ0) is 17.1. The van der Waals surface area contributed by atoms with Crippen LogP contribution in [-0.2, 0) is 16.6 Å². The molecule has 3 nitrogen and oxygen atoms in total. The highest BCUT2D eigenvalue weighted by molar-refractivity contribution is 5.88. The fourth-order valence-electron chi connectivity index (χ4n) is 4.50. The van der Waals surface area contributed by atoms with Crippen molar-refractivity contribution in [1.82, 2.24) is 10.6 Å². The molecular weight excluding hydrogens is 308 g/mol. The largest absolute Gasteiger partial charge is 0.355 e. The highest BCUT2D eigenvalue weighted by Gasteiger charge is 2.41. The maximum Gasteiger partial charge on any atom is 0.230 e. The molecule has 0 spiro atoms. The fourth-order valence-corrected chi connectivity index (χ4v) is 4.50. The molecule has 1 atom stereocenters. The molecular formula is C22H26N2O. The standard InChI is InChI=1S/C22H26N2O/c25-21(24-16-18-11-10-17-6-4-5-9-20(17)18)22(12-14-23-15-13-22)19-7-2-1-3-8-19/h1-9,18,23H,10-16H2,(H,24,25)/t18-/m1/s1. The third-order valence-corrected chi connectivity index (χ3v) is 5.98. The van der Waals surface area contributed by atoms with Crippen LogP contribution in [0.15, 0.2) is 54.6 Å². The van der Waals surface area contributed by atoms with Crippen LogP contribution >= 0.6 is 0 Å². The Morgan fingerprint density at radius 1 is 1.04 bits per heavy atom. The summed E-state index contributed by atoms with van der Waals surface area (Å²) in [4.78, 5) is 13.3. The predicted octanol–water partition coefficient (Wildman–Crippen LogP) is 3.15. The van der Waals surface area contributed by atoms with Crippen LogP contribution in [0.4, 0.5) is 0 Å². The third-order valence-electron chi connectivity index (χ3n) is 5.98. The summed E-state index contributed by atoms with van der Waals surface area (Å²) in [6, 6.07) is 19.0. The molecule has 2 aromatic rings. The van der Waals surface area contributed by atoms with E-state index in [-0.39, 0.29) is 11.3 Å². The summed E-state index contributed by atoms with van der Waals surface area (Å²) in [5.74, 6) is 0.652. The van der Waals surface area contributed by atoms with Crippen molar-refractivity contribution in [2.24, 2.45) is 0 Å². The monoisotopic (exact) mass is 334 g/mol. The molecule has 0 aromatic heterocycles. The second kappa shape index (κ2) is 7.01. The number of hydrogen-bond acceptors (Lipinski definition) is 2. The van der Waals surface area contributed by atoms with E-state index in [0.29, 0.717) is 5.92 Å². The van der Waals surface area contributed by atoms with Gasteiger partial charge in [0.1, 0.15) is 0 Å². The van der Waals surface area contributed by atoms with Crippen LogP contribution in [0.3, 0.4) is 0 Å². The lowest BCUT2D eigenvalue weighted by molar-refractivity contribution is -0.127. The van der Waals surface area contributed by atoms with Crippen molar-refractivity contribution in [3.8, 4) is 0 Å². The Morgan fingerprint density at radius 3 is 2.56 bits per heavy atom. The Morgan fingerprint density at radius 2 is 1.76 bits per heavy atom. The van der Waals surface area contributed by atoms with Gasteiger partial charge in [0, 0.05) is 12.5 Å². The van der Waals surface area contributed by atoms with Crippen LogP contribution in [0, 0.1) is 0 Å². The molecule has 1 aliphatic carbocycles. The second-order valence-electron chi connectivity index (χ2n) is 7.34. The van der Waals surface area contributed by atoms with Crippen molar-refractivity contribution in [2.75, 3.05) is 19.6 Å². The van der Waals surface area contributed by atoms with E-state index in [0.717, 1.165) is 50.9 Å².